The third-order valence-corrected chi connectivity index (χ3v) is 8.65. The number of hydrogen-bond donors (Lipinski definition) is 1. The minimum absolute atomic E-state index is 0.598. The average molecular weight is 532 g/mol. The highest BCUT2D eigenvalue weighted by atomic mass is 32.1. The summed E-state index contributed by atoms with van der Waals surface area (Å²) in [5.41, 5.74) is 6.37. The van der Waals surface area contributed by atoms with Crippen LogP contribution in [0.1, 0.15) is 42.3 Å². The number of aromatic nitrogens is 2. The Morgan fingerprint density at radius 2 is 1.78 bits per heavy atom. The highest BCUT2D eigenvalue weighted by Gasteiger charge is 2.16. The molecule has 0 spiro atoms. The third-order valence-electron chi connectivity index (χ3n) is 6.56. The lowest BCUT2D eigenvalue weighted by atomic mass is 10.1. The van der Waals surface area contributed by atoms with Gasteiger partial charge in [-0.25, -0.2) is 0 Å². The Balaban J connectivity index is 1.25. The summed E-state index contributed by atoms with van der Waals surface area (Å²) in [6.07, 6.45) is 4.57. The summed E-state index contributed by atoms with van der Waals surface area (Å²) in [6.45, 7) is 8.68. The number of anilines is 5. The van der Waals surface area contributed by atoms with Gasteiger partial charge in [0, 0.05) is 43.6 Å². The Morgan fingerprint density at radius 3 is 2.54 bits per heavy atom. The van der Waals surface area contributed by atoms with Crippen molar-refractivity contribution in [1.82, 2.24) is 10.2 Å². The van der Waals surface area contributed by atoms with Crippen molar-refractivity contribution in [3.63, 3.8) is 0 Å². The summed E-state index contributed by atoms with van der Waals surface area (Å²) in [5.74, 6) is 0. The molecule has 0 amide bonds. The van der Waals surface area contributed by atoms with Gasteiger partial charge in [0.15, 0.2) is 0 Å². The van der Waals surface area contributed by atoms with Crippen LogP contribution in [-0.4, -0.2) is 30.3 Å². The first kappa shape index (κ1) is 25.4. The molecule has 0 aliphatic carbocycles. The first-order valence-corrected chi connectivity index (χ1v) is 14.4. The quantitative estimate of drug-likeness (QED) is 0.219. The van der Waals surface area contributed by atoms with Gasteiger partial charge in [-0.15, -0.1) is 31.8 Å². The van der Waals surface area contributed by atoms with Crippen LogP contribution >= 0.6 is 22.7 Å². The molecule has 0 radical (unpaired) electrons. The zero-order valence-electron chi connectivity index (χ0n) is 21.9. The molecule has 1 aliphatic heterocycles. The van der Waals surface area contributed by atoms with Gasteiger partial charge >= 0.3 is 0 Å². The summed E-state index contributed by atoms with van der Waals surface area (Å²) in [4.78, 5) is 4.77. The van der Waals surface area contributed by atoms with Gasteiger partial charge in [0.25, 0.3) is 5.13 Å². The van der Waals surface area contributed by atoms with Crippen molar-refractivity contribution in [1.29, 1.82) is 0 Å². The molecule has 2 aromatic carbocycles. The fourth-order valence-electron chi connectivity index (χ4n) is 4.43. The molecule has 1 aliphatic rings. The summed E-state index contributed by atoms with van der Waals surface area (Å²) < 4.78 is 0. The molecule has 9 heteroatoms. The minimum atomic E-state index is 0.598. The molecule has 7 nitrogen and oxygen atoms in total. The van der Waals surface area contributed by atoms with Crippen molar-refractivity contribution in [2.24, 2.45) is 10.2 Å². The van der Waals surface area contributed by atoms with Crippen molar-refractivity contribution in [3.05, 3.63) is 64.7 Å². The smallest absolute Gasteiger partial charge is 0.251 e. The van der Waals surface area contributed by atoms with Crippen LogP contribution in [0.2, 0.25) is 0 Å². The maximum atomic E-state index is 4.40. The Hall–Kier alpha value is -3.30. The second kappa shape index (κ2) is 11.4. The topological polar surface area (TPSA) is 69.0 Å². The average Bonchev–Trinajstić information content (AvgIpc) is 3.66. The van der Waals surface area contributed by atoms with Gasteiger partial charge in [0.2, 0.25) is 0 Å². The predicted molar refractivity (Wildman–Crippen MR) is 158 cm³/mol. The lowest BCUT2D eigenvalue weighted by Crippen LogP contribution is -2.15. The van der Waals surface area contributed by atoms with E-state index in [1.165, 1.54) is 58.5 Å². The monoisotopic (exact) mass is 531 g/mol. The van der Waals surface area contributed by atoms with E-state index in [1.807, 2.05) is 30.4 Å². The minimum Gasteiger partial charge on any atom is -0.363 e. The predicted octanol–water partition coefficient (Wildman–Crippen LogP) is 8.70. The Kier molecular flexibility index (Phi) is 7.81. The molecule has 1 N–H and O–H groups in total. The van der Waals surface area contributed by atoms with Crippen LogP contribution in [0.5, 0.6) is 0 Å². The third kappa shape index (κ3) is 5.99. The molecular weight excluding hydrogens is 498 g/mol. The van der Waals surface area contributed by atoms with E-state index in [9.17, 15) is 0 Å². The van der Waals surface area contributed by atoms with Gasteiger partial charge < -0.3 is 15.1 Å². The summed E-state index contributed by atoms with van der Waals surface area (Å²) in [6, 6.07) is 17.2. The van der Waals surface area contributed by atoms with E-state index in [-0.39, 0.29) is 0 Å². The van der Waals surface area contributed by atoms with Gasteiger partial charge in [0.05, 0.1) is 15.7 Å². The highest BCUT2D eigenvalue weighted by molar-refractivity contribution is 7.20. The van der Waals surface area contributed by atoms with Gasteiger partial charge in [-0.1, -0.05) is 18.3 Å². The lowest BCUT2D eigenvalue weighted by Gasteiger charge is -2.20. The van der Waals surface area contributed by atoms with Crippen molar-refractivity contribution < 1.29 is 0 Å². The van der Waals surface area contributed by atoms with Gasteiger partial charge in [-0.3, -0.25) is 0 Å². The molecule has 4 aromatic rings. The van der Waals surface area contributed by atoms with Crippen LogP contribution in [0, 0.1) is 13.8 Å². The van der Waals surface area contributed by atoms with Crippen LogP contribution in [0.3, 0.4) is 0 Å². The van der Waals surface area contributed by atoms with Gasteiger partial charge in [0.1, 0.15) is 5.01 Å². The largest absolute Gasteiger partial charge is 0.363 e. The zero-order valence-corrected chi connectivity index (χ0v) is 23.5. The number of azo groups is 1. The van der Waals surface area contributed by atoms with E-state index in [1.54, 1.807) is 0 Å². The van der Waals surface area contributed by atoms with Crippen molar-refractivity contribution >= 4 is 60.6 Å². The van der Waals surface area contributed by atoms with Crippen molar-refractivity contribution in [3.8, 4) is 0 Å². The number of nitrogens with zero attached hydrogens (tertiary/aromatic N) is 6. The van der Waals surface area contributed by atoms with Crippen molar-refractivity contribution in [2.75, 3.05) is 35.3 Å². The van der Waals surface area contributed by atoms with E-state index in [2.05, 4.69) is 92.8 Å². The lowest BCUT2D eigenvalue weighted by molar-refractivity contribution is 0.877. The normalized spacial score (nSPS) is 13.6. The van der Waals surface area contributed by atoms with Crippen molar-refractivity contribution in [2.45, 2.75) is 46.5 Å². The fraction of sp³-hybridized carbons (Fsp3) is 0.357. The van der Waals surface area contributed by atoms with Crippen LogP contribution in [0.15, 0.2) is 58.8 Å². The maximum absolute atomic E-state index is 4.40. The Bertz CT molecular complexity index is 1380. The van der Waals surface area contributed by atoms with Crippen LogP contribution < -0.4 is 15.1 Å². The standard InChI is InChI=1S/C28H33N7S2/c1-5-8-25-31-33-28(36-25)32-30-24-11-9-21(17-19(24)2)29-23-12-10-22(18-20(23)3)34(4)26-13-14-27(37-26)35-15-6-7-16-35/h9-14,17-18,29H,5-8,15-16H2,1-4H3. The van der Waals surface area contributed by atoms with Gasteiger partial charge in [-0.05, 0) is 92.8 Å². The molecule has 37 heavy (non-hydrogen) atoms. The van der Waals surface area contributed by atoms with E-state index in [4.69, 9.17) is 0 Å². The summed E-state index contributed by atoms with van der Waals surface area (Å²) >= 11 is 3.36. The zero-order chi connectivity index (χ0) is 25.8. The maximum Gasteiger partial charge on any atom is 0.251 e. The highest BCUT2D eigenvalue weighted by Crippen LogP contribution is 2.38. The van der Waals surface area contributed by atoms with Crippen LogP contribution in [0.4, 0.5) is 37.9 Å². The molecule has 5 rings (SSSR count). The second-order valence-corrected chi connectivity index (χ2v) is 11.5. The number of thiophene rings is 1. The summed E-state index contributed by atoms with van der Waals surface area (Å²) in [7, 11) is 2.14. The molecule has 3 heterocycles. The first-order chi connectivity index (χ1) is 18.0. The molecule has 0 saturated carbocycles. The summed E-state index contributed by atoms with van der Waals surface area (Å²) in [5, 5.41) is 24.8. The number of rotatable bonds is 9. The van der Waals surface area contributed by atoms with Crippen LogP contribution in [-0.2, 0) is 6.42 Å². The molecule has 1 fully saturated rings. The fourth-order valence-corrected chi connectivity index (χ4v) is 6.23. The second-order valence-electron chi connectivity index (χ2n) is 9.42. The molecular formula is C28H33N7S2. The SMILES string of the molecule is CCCc1nnc(N=Nc2ccc(Nc3ccc(N(C)c4ccc(N5CCCC5)s4)cc3C)cc2C)s1. The van der Waals surface area contributed by atoms with E-state index < -0.39 is 0 Å². The number of nitrogens with one attached hydrogen (secondary N) is 1. The van der Waals surface area contributed by atoms with E-state index in [0.717, 1.165) is 40.5 Å². The molecule has 1 saturated heterocycles. The first-order valence-electron chi connectivity index (χ1n) is 12.8. The van der Waals surface area contributed by atoms with Crippen LogP contribution in [0.25, 0.3) is 0 Å². The molecule has 0 atom stereocenters. The van der Waals surface area contributed by atoms with E-state index >= 15 is 0 Å². The Morgan fingerprint density at radius 1 is 0.946 bits per heavy atom. The number of hydrogen-bond acceptors (Lipinski definition) is 9. The molecule has 2 aromatic heterocycles. The molecule has 0 bridgehead atoms. The number of aryl methyl sites for hydroxylation is 3. The van der Waals surface area contributed by atoms with Gasteiger partial charge in [-0.2, -0.15) is 0 Å². The Labute approximate surface area is 226 Å². The van der Waals surface area contributed by atoms with E-state index in [0.29, 0.717) is 5.13 Å². The molecule has 0 unspecified atom stereocenters. The molecule has 192 valence electrons. The number of benzene rings is 2.